The van der Waals surface area contributed by atoms with Crippen LogP contribution in [0.2, 0.25) is 0 Å². The summed E-state index contributed by atoms with van der Waals surface area (Å²) in [5.41, 5.74) is 3.91. The van der Waals surface area contributed by atoms with Gasteiger partial charge in [0.05, 0.1) is 27.0 Å². The summed E-state index contributed by atoms with van der Waals surface area (Å²) in [6.45, 7) is 0. The molecule has 6 rings (SSSR count). The van der Waals surface area contributed by atoms with E-state index in [4.69, 9.17) is 14.2 Å². The maximum absolute atomic E-state index is 13.9. The van der Waals surface area contributed by atoms with Crippen LogP contribution in [-0.4, -0.2) is 44.0 Å². The number of carbonyl (C=O) groups excluding carboxylic acids is 3. The van der Waals surface area contributed by atoms with Crippen LogP contribution in [0.15, 0.2) is 143 Å². The Hall–Kier alpha value is -6.37. The van der Waals surface area contributed by atoms with Gasteiger partial charge in [0.1, 0.15) is 16.7 Å². The molecule has 1 heterocycles. The van der Waals surface area contributed by atoms with Crippen molar-refractivity contribution in [3.63, 3.8) is 0 Å². The fourth-order valence-corrected chi connectivity index (χ4v) is 7.14. The summed E-state index contributed by atoms with van der Waals surface area (Å²) in [5.74, 6) is 0.487. The van der Waals surface area contributed by atoms with Crippen LogP contribution in [-0.2, 0) is 9.59 Å². The van der Waals surface area contributed by atoms with Crippen molar-refractivity contribution in [3.8, 4) is 28.5 Å². The van der Waals surface area contributed by atoms with E-state index < -0.39 is 17.1 Å². The van der Waals surface area contributed by atoms with E-state index in [0.717, 1.165) is 27.5 Å². The average molecular weight is 757 g/mol. The van der Waals surface area contributed by atoms with E-state index in [1.165, 1.54) is 37.3 Å². The highest BCUT2D eigenvalue weighted by molar-refractivity contribution is 8.00. The van der Waals surface area contributed by atoms with Gasteiger partial charge in [0.25, 0.3) is 11.8 Å². The van der Waals surface area contributed by atoms with E-state index in [2.05, 4.69) is 20.9 Å². The van der Waals surface area contributed by atoms with Crippen LogP contribution in [0.4, 0.5) is 10.8 Å². The zero-order valence-corrected chi connectivity index (χ0v) is 31.2. The van der Waals surface area contributed by atoms with Crippen molar-refractivity contribution in [2.45, 2.75) is 10.1 Å². The van der Waals surface area contributed by atoms with Gasteiger partial charge in [-0.25, -0.2) is 4.98 Å². The Bertz CT molecular complexity index is 2260. The third-order valence-electron chi connectivity index (χ3n) is 8.05. The summed E-state index contributed by atoms with van der Waals surface area (Å²) in [6, 6.07) is 38.0. The third kappa shape index (κ3) is 9.54. The SMILES string of the molecule is COc1ccc(-c2csc(NC(=O)C(Sc3cccc(NC(=O)/C(=C\c4ccc(OC)c(OC)c4)NC(=O)c4ccccc4)c3)c3ccccc3)n2)cc1. The van der Waals surface area contributed by atoms with Crippen molar-refractivity contribution in [1.29, 1.82) is 0 Å². The molecule has 0 bridgehead atoms. The van der Waals surface area contributed by atoms with Gasteiger partial charge in [-0.05, 0) is 83.9 Å². The number of anilines is 2. The van der Waals surface area contributed by atoms with Gasteiger partial charge >= 0.3 is 0 Å². The lowest BCUT2D eigenvalue weighted by Crippen LogP contribution is -2.30. The maximum Gasteiger partial charge on any atom is 0.272 e. The number of thioether (sulfide) groups is 1. The molecule has 0 radical (unpaired) electrons. The molecule has 0 saturated heterocycles. The largest absolute Gasteiger partial charge is 0.497 e. The number of methoxy groups -OCH3 is 3. The molecular formula is C42H36N4O6S2. The molecule has 0 aliphatic carbocycles. The Morgan fingerprint density at radius 1 is 0.741 bits per heavy atom. The lowest BCUT2D eigenvalue weighted by Gasteiger charge is -2.17. The summed E-state index contributed by atoms with van der Waals surface area (Å²) in [4.78, 5) is 46.3. The zero-order chi connectivity index (χ0) is 37.9. The van der Waals surface area contributed by atoms with Crippen LogP contribution in [0.5, 0.6) is 17.2 Å². The second-order valence-electron chi connectivity index (χ2n) is 11.6. The fourth-order valence-electron chi connectivity index (χ4n) is 5.33. The number of hydrogen-bond donors (Lipinski definition) is 3. The number of benzene rings is 5. The topological polar surface area (TPSA) is 128 Å². The first-order chi connectivity index (χ1) is 26.3. The van der Waals surface area contributed by atoms with Crippen LogP contribution in [0.1, 0.15) is 26.7 Å². The lowest BCUT2D eigenvalue weighted by atomic mass is 10.1. The monoisotopic (exact) mass is 756 g/mol. The number of rotatable bonds is 14. The summed E-state index contributed by atoms with van der Waals surface area (Å²) in [5, 5.41) is 10.4. The van der Waals surface area contributed by atoms with E-state index in [9.17, 15) is 14.4 Å². The van der Waals surface area contributed by atoms with Crippen LogP contribution >= 0.6 is 23.1 Å². The maximum atomic E-state index is 13.9. The Morgan fingerprint density at radius 3 is 2.17 bits per heavy atom. The minimum atomic E-state index is -0.642. The van der Waals surface area contributed by atoms with Crippen molar-refractivity contribution in [2.24, 2.45) is 0 Å². The van der Waals surface area contributed by atoms with Crippen LogP contribution < -0.4 is 30.2 Å². The van der Waals surface area contributed by atoms with Crippen molar-refractivity contribution in [2.75, 3.05) is 32.0 Å². The van der Waals surface area contributed by atoms with Crippen LogP contribution in [0.25, 0.3) is 17.3 Å². The quantitative estimate of drug-likeness (QED) is 0.0744. The molecule has 0 fully saturated rings. The van der Waals surface area contributed by atoms with Gasteiger partial charge in [0.15, 0.2) is 16.6 Å². The Kier molecular flexibility index (Phi) is 12.4. The molecule has 3 N–H and O–H groups in total. The van der Waals surface area contributed by atoms with Crippen LogP contribution in [0, 0.1) is 0 Å². The molecule has 3 amide bonds. The third-order valence-corrected chi connectivity index (χ3v) is 10.1. The summed E-state index contributed by atoms with van der Waals surface area (Å²) in [7, 11) is 4.67. The highest BCUT2D eigenvalue weighted by atomic mass is 32.2. The van der Waals surface area contributed by atoms with Gasteiger partial charge in [-0.1, -0.05) is 60.7 Å². The normalized spacial score (nSPS) is 11.6. The standard InChI is InChI=1S/C42H36N4O6S2/c1-50-32-20-18-28(19-21-32)35-26-53-42(45-35)46-41(49)38(29-11-6-4-7-12-29)54-33-16-10-15-31(25-33)43-40(48)34(44-39(47)30-13-8-5-9-14-30)23-27-17-22-36(51-2)37(24-27)52-3/h4-26,38H,1-3H3,(H,43,48)(H,44,47)(H,45,46,49)/b34-23+. The van der Waals surface area contributed by atoms with E-state index in [1.807, 2.05) is 66.0 Å². The smallest absolute Gasteiger partial charge is 0.272 e. The lowest BCUT2D eigenvalue weighted by molar-refractivity contribution is -0.116. The second kappa shape index (κ2) is 17.9. The van der Waals surface area contributed by atoms with Gasteiger partial charge in [-0.15, -0.1) is 23.1 Å². The summed E-state index contributed by atoms with van der Waals surface area (Å²) >= 11 is 2.67. The molecule has 1 unspecified atom stereocenters. The molecule has 0 aliphatic rings. The molecule has 12 heteroatoms. The predicted molar refractivity (Wildman–Crippen MR) is 214 cm³/mol. The number of thiazole rings is 1. The second-order valence-corrected chi connectivity index (χ2v) is 13.7. The molecule has 1 aromatic heterocycles. The molecule has 0 saturated carbocycles. The molecule has 0 aliphatic heterocycles. The molecule has 54 heavy (non-hydrogen) atoms. The number of carbonyl (C=O) groups is 3. The van der Waals surface area contributed by atoms with E-state index >= 15 is 0 Å². The van der Waals surface area contributed by atoms with Crippen LogP contribution in [0.3, 0.4) is 0 Å². The Balaban J connectivity index is 1.22. The molecule has 5 aromatic carbocycles. The molecule has 272 valence electrons. The minimum Gasteiger partial charge on any atom is -0.497 e. The average Bonchev–Trinajstić information content (AvgIpc) is 3.68. The first kappa shape index (κ1) is 37.4. The predicted octanol–water partition coefficient (Wildman–Crippen LogP) is 8.72. The first-order valence-electron chi connectivity index (χ1n) is 16.7. The highest BCUT2D eigenvalue weighted by Gasteiger charge is 2.24. The molecular weight excluding hydrogens is 721 g/mol. The van der Waals surface area contributed by atoms with Gasteiger partial charge in [0.2, 0.25) is 5.91 Å². The Morgan fingerprint density at radius 2 is 1.46 bits per heavy atom. The number of ether oxygens (including phenoxy) is 3. The highest BCUT2D eigenvalue weighted by Crippen LogP contribution is 2.38. The minimum absolute atomic E-state index is 0.00752. The number of nitrogens with one attached hydrogen (secondary N) is 3. The van der Waals surface area contributed by atoms with E-state index in [0.29, 0.717) is 33.4 Å². The van der Waals surface area contributed by atoms with Crippen molar-refractivity contribution >= 4 is 57.7 Å². The van der Waals surface area contributed by atoms with Gasteiger partial charge in [-0.2, -0.15) is 0 Å². The molecule has 1 atom stereocenters. The number of nitrogens with zero attached hydrogens (tertiary/aromatic N) is 1. The summed E-state index contributed by atoms with van der Waals surface area (Å²) < 4.78 is 16.0. The van der Waals surface area contributed by atoms with E-state index in [1.54, 1.807) is 79.9 Å². The van der Waals surface area contributed by atoms with Gasteiger partial charge in [0, 0.05) is 27.1 Å². The number of hydrogen-bond acceptors (Lipinski definition) is 9. The first-order valence-corrected chi connectivity index (χ1v) is 18.4. The van der Waals surface area contributed by atoms with Crippen molar-refractivity contribution in [1.82, 2.24) is 10.3 Å². The fraction of sp³-hybridized carbons (Fsp3) is 0.0952. The van der Waals surface area contributed by atoms with Crippen molar-refractivity contribution < 1.29 is 28.6 Å². The number of amides is 3. The number of aromatic nitrogens is 1. The van der Waals surface area contributed by atoms with Crippen molar-refractivity contribution in [3.05, 3.63) is 155 Å². The summed E-state index contributed by atoms with van der Waals surface area (Å²) in [6.07, 6.45) is 1.56. The molecule has 0 spiro atoms. The van der Waals surface area contributed by atoms with E-state index in [-0.39, 0.29) is 11.6 Å². The van der Waals surface area contributed by atoms with Gasteiger partial charge < -0.3 is 30.2 Å². The molecule has 6 aromatic rings. The Labute approximate surface area is 321 Å². The molecule has 10 nitrogen and oxygen atoms in total. The zero-order valence-electron chi connectivity index (χ0n) is 29.6. The van der Waals surface area contributed by atoms with Gasteiger partial charge in [-0.3, -0.25) is 14.4 Å².